The minimum Gasteiger partial charge on any atom is -0.322 e. The molecule has 5 nitrogen and oxygen atoms in total. The smallest absolute Gasteiger partial charge is 0.233 e. The van der Waals surface area contributed by atoms with Gasteiger partial charge in [0.05, 0.1) is 29.2 Å². The van der Waals surface area contributed by atoms with Gasteiger partial charge in [0.2, 0.25) is 5.91 Å². The first kappa shape index (κ1) is 15.5. The lowest BCUT2D eigenvalue weighted by Crippen LogP contribution is -2.25. The van der Waals surface area contributed by atoms with Gasteiger partial charge in [-0.3, -0.25) is 14.9 Å². The van der Waals surface area contributed by atoms with E-state index in [0.717, 1.165) is 30.5 Å². The topological polar surface area (TPSA) is 70.7 Å². The van der Waals surface area contributed by atoms with Crippen molar-refractivity contribution in [2.45, 2.75) is 25.2 Å². The molecule has 0 radical (unpaired) electrons. The summed E-state index contributed by atoms with van der Waals surface area (Å²) < 4.78 is 14.1. The van der Waals surface area contributed by atoms with Crippen molar-refractivity contribution >= 4 is 11.6 Å². The molecule has 1 unspecified atom stereocenters. The van der Waals surface area contributed by atoms with Crippen LogP contribution in [0.2, 0.25) is 0 Å². The summed E-state index contributed by atoms with van der Waals surface area (Å²) in [6.45, 7) is 0. The maximum absolute atomic E-state index is 14.1. The standard InChI is InChI=1S/C19H17FN4O/c20-15-9-2-1-7-13(15)18-16(11-22-24-18)23-19(25)14-8-3-5-12-6-4-10-21-17(12)14/h1-2,4,6-7,9-11,14H,3,5,8H2,(H,22,24)(H,23,25). The summed E-state index contributed by atoms with van der Waals surface area (Å²) in [6, 6.07) is 10.3. The number of anilines is 1. The van der Waals surface area contributed by atoms with E-state index in [4.69, 9.17) is 0 Å². The number of aryl methyl sites for hydroxylation is 1. The Kier molecular flexibility index (Phi) is 4.01. The lowest BCUT2D eigenvalue weighted by atomic mass is 9.86. The van der Waals surface area contributed by atoms with Crippen LogP contribution in [-0.4, -0.2) is 21.1 Å². The van der Waals surface area contributed by atoms with Gasteiger partial charge in [0.25, 0.3) is 0 Å². The molecular weight excluding hydrogens is 319 g/mol. The summed E-state index contributed by atoms with van der Waals surface area (Å²) in [4.78, 5) is 17.2. The summed E-state index contributed by atoms with van der Waals surface area (Å²) in [5.41, 5.74) is 3.26. The largest absolute Gasteiger partial charge is 0.322 e. The Labute approximate surface area is 144 Å². The normalized spacial score (nSPS) is 16.3. The summed E-state index contributed by atoms with van der Waals surface area (Å²) >= 11 is 0. The number of aromatic nitrogens is 3. The minimum absolute atomic E-state index is 0.140. The summed E-state index contributed by atoms with van der Waals surface area (Å²) in [7, 11) is 0. The third kappa shape index (κ3) is 2.91. The number of hydrogen-bond donors (Lipinski definition) is 2. The molecule has 0 saturated carbocycles. The molecule has 1 aromatic carbocycles. The second-order valence-electron chi connectivity index (χ2n) is 6.12. The van der Waals surface area contributed by atoms with Crippen molar-refractivity contribution in [1.29, 1.82) is 0 Å². The molecule has 2 heterocycles. The lowest BCUT2D eigenvalue weighted by molar-refractivity contribution is -0.118. The highest BCUT2D eigenvalue weighted by atomic mass is 19.1. The highest BCUT2D eigenvalue weighted by Crippen LogP contribution is 2.33. The van der Waals surface area contributed by atoms with Crippen LogP contribution in [0.4, 0.5) is 10.1 Å². The molecule has 0 aliphatic heterocycles. The van der Waals surface area contributed by atoms with Crippen molar-refractivity contribution in [2.24, 2.45) is 0 Å². The number of carbonyl (C=O) groups is 1. The molecule has 0 bridgehead atoms. The molecule has 25 heavy (non-hydrogen) atoms. The summed E-state index contributed by atoms with van der Waals surface area (Å²) in [6.07, 6.45) is 5.86. The Hall–Kier alpha value is -3.02. The number of rotatable bonds is 3. The lowest BCUT2D eigenvalue weighted by Gasteiger charge is -2.23. The molecule has 1 aliphatic carbocycles. The fraction of sp³-hybridized carbons (Fsp3) is 0.211. The van der Waals surface area contributed by atoms with Crippen LogP contribution in [0.15, 0.2) is 48.8 Å². The number of fused-ring (bicyclic) bond motifs is 1. The molecule has 2 aromatic heterocycles. The van der Waals surface area contributed by atoms with E-state index in [1.807, 2.05) is 12.1 Å². The molecule has 1 atom stereocenters. The van der Waals surface area contributed by atoms with E-state index in [-0.39, 0.29) is 17.6 Å². The zero-order valence-electron chi connectivity index (χ0n) is 13.5. The van der Waals surface area contributed by atoms with Gasteiger partial charge in [-0.2, -0.15) is 5.10 Å². The van der Waals surface area contributed by atoms with E-state index < -0.39 is 0 Å². The second-order valence-corrected chi connectivity index (χ2v) is 6.12. The predicted octanol–water partition coefficient (Wildman–Crippen LogP) is 3.67. The van der Waals surface area contributed by atoms with Crippen LogP contribution in [-0.2, 0) is 11.2 Å². The number of carbonyl (C=O) groups excluding carboxylic acids is 1. The number of benzene rings is 1. The fourth-order valence-corrected chi connectivity index (χ4v) is 3.33. The Morgan fingerprint density at radius 2 is 2.12 bits per heavy atom. The van der Waals surface area contributed by atoms with Crippen LogP contribution in [0.1, 0.15) is 30.0 Å². The highest BCUT2D eigenvalue weighted by Gasteiger charge is 2.28. The molecule has 1 amide bonds. The zero-order valence-corrected chi connectivity index (χ0v) is 13.5. The average Bonchev–Trinajstić information content (AvgIpc) is 3.09. The van der Waals surface area contributed by atoms with Crippen molar-refractivity contribution in [3.05, 3.63) is 65.9 Å². The van der Waals surface area contributed by atoms with Crippen LogP contribution >= 0.6 is 0 Å². The van der Waals surface area contributed by atoms with Gasteiger partial charge in [-0.25, -0.2) is 4.39 Å². The van der Waals surface area contributed by atoms with Gasteiger partial charge in [0.15, 0.2) is 0 Å². The van der Waals surface area contributed by atoms with Crippen molar-refractivity contribution in [2.75, 3.05) is 5.32 Å². The van der Waals surface area contributed by atoms with E-state index in [0.29, 0.717) is 16.9 Å². The fourth-order valence-electron chi connectivity index (χ4n) is 3.33. The van der Waals surface area contributed by atoms with Crippen molar-refractivity contribution in [3.8, 4) is 11.3 Å². The molecule has 126 valence electrons. The third-order valence-corrected chi connectivity index (χ3v) is 4.55. The van der Waals surface area contributed by atoms with Crippen molar-refractivity contribution in [1.82, 2.24) is 15.2 Å². The van der Waals surface area contributed by atoms with Gasteiger partial charge in [-0.15, -0.1) is 0 Å². The molecule has 0 fully saturated rings. The quantitative estimate of drug-likeness (QED) is 0.766. The third-order valence-electron chi connectivity index (χ3n) is 4.55. The van der Waals surface area contributed by atoms with Crippen LogP contribution in [0.5, 0.6) is 0 Å². The van der Waals surface area contributed by atoms with Gasteiger partial charge in [0, 0.05) is 11.8 Å². The SMILES string of the molecule is O=C(Nc1cn[nH]c1-c1ccccc1F)C1CCCc2cccnc21. The number of nitrogens with one attached hydrogen (secondary N) is 2. The van der Waals surface area contributed by atoms with Gasteiger partial charge in [-0.1, -0.05) is 18.2 Å². The Balaban J connectivity index is 1.62. The monoisotopic (exact) mass is 336 g/mol. The van der Waals surface area contributed by atoms with Gasteiger partial charge >= 0.3 is 0 Å². The molecule has 3 aromatic rings. The van der Waals surface area contributed by atoms with Crippen molar-refractivity contribution in [3.63, 3.8) is 0 Å². The van der Waals surface area contributed by atoms with Gasteiger partial charge in [0.1, 0.15) is 5.82 Å². The number of amides is 1. The maximum Gasteiger partial charge on any atom is 0.233 e. The highest BCUT2D eigenvalue weighted by molar-refractivity contribution is 5.98. The molecule has 2 N–H and O–H groups in total. The molecular formula is C19H17FN4O. The van der Waals surface area contributed by atoms with Gasteiger partial charge in [-0.05, 0) is 43.0 Å². The molecule has 6 heteroatoms. The van der Waals surface area contributed by atoms with Crippen LogP contribution in [0.3, 0.4) is 0 Å². The van der Waals surface area contributed by atoms with Gasteiger partial charge < -0.3 is 5.32 Å². The number of aromatic amines is 1. The first-order valence-electron chi connectivity index (χ1n) is 8.27. The van der Waals surface area contributed by atoms with Crippen LogP contribution in [0.25, 0.3) is 11.3 Å². The Morgan fingerprint density at radius 3 is 3.00 bits per heavy atom. The van der Waals surface area contributed by atoms with Crippen molar-refractivity contribution < 1.29 is 9.18 Å². The molecule has 1 aliphatic rings. The maximum atomic E-state index is 14.1. The van der Waals surface area contributed by atoms with E-state index >= 15 is 0 Å². The average molecular weight is 336 g/mol. The first-order valence-corrected chi connectivity index (χ1v) is 8.27. The van der Waals surface area contributed by atoms with Crippen LogP contribution in [0, 0.1) is 5.82 Å². The van der Waals surface area contributed by atoms with E-state index in [1.54, 1.807) is 24.4 Å². The number of pyridine rings is 1. The summed E-state index contributed by atoms with van der Waals surface area (Å²) in [5, 5.41) is 9.62. The number of hydrogen-bond acceptors (Lipinski definition) is 3. The predicted molar refractivity (Wildman–Crippen MR) is 92.5 cm³/mol. The first-order chi connectivity index (χ1) is 12.2. The Bertz CT molecular complexity index is 921. The van der Waals surface area contributed by atoms with E-state index in [2.05, 4.69) is 20.5 Å². The van der Waals surface area contributed by atoms with E-state index in [9.17, 15) is 9.18 Å². The molecule has 0 spiro atoms. The minimum atomic E-state index is -0.369. The number of halogens is 1. The van der Waals surface area contributed by atoms with Crippen LogP contribution < -0.4 is 5.32 Å². The molecule has 0 saturated heterocycles. The number of nitrogens with zero attached hydrogens (tertiary/aromatic N) is 2. The Morgan fingerprint density at radius 1 is 1.24 bits per heavy atom. The molecule has 4 rings (SSSR count). The zero-order chi connectivity index (χ0) is 17.2. The number of H-pyrrole nitrogens is 1. The summed E-state index contributed by atoms with van der Waals surface area (Å²) in [5.74, 6) is -0.807. The second kappa shape index (κ2) is 6.47. The van der Waals surface area contributed by atoms with E-state index in [1.165, 1.54) is 12.3 Å².